The number of aryl methyl sites for hydroxylation is 1. The molecule has 1 fully saturated rings. The Kier molecular flexibility index (Phi) is 8.59. The van der Waals surface area contributed by atoms with Gasteiger partial charge in [0.2, 0.25) is 5.95 Å². The van der Waals surface area contributed by atoms with Crippen molar-refractivity contribution in [3.8, 4) is 22.4 Å². The van der Waals surface area contributed by atoms with Crippen LogP contribution in [0.3, 0.4) is 0 Å². The summed E-state index contributed by atoms with van der Waals surface area (Å²) < 4.78 is 0. The van der Waals surface area contributed by atoms with Crippen molar-refractivity contribution in [2.24, 2.45) is 5.92 Å². The standard InChI is InChI=1S/C25H29N5O3S2/c1-15-18(8-6-17-7-9-21(35-17)19-5-3-4-10-26-19)24(30-25(28-15)27-11-12-34-2)29-20-13-16(14-31)22(32)23(20)33/h3-5,7,9-10,16,20,22-23,31-33H,11-14H2,1-2H3,(H2,27,28,29,30)/t16-,20-,22-,23+/m1/s1. The predicted molar refractivity (Wildman–Crippen MR) is 142 cm³/mol. The molecule has 1 saturated carbocycles. The number of hydrogen-bond acceptors (Lipinski definition) is 10. The van der Waals surface area contributed by atoms with Crippen LogP contribution in [0.2, 0.25) is 0 Å². The van der Waals surface area contributed by atoms with E-state index in [-0.39, 0.29) is 6.61 Å². The Hall–Kier alpha value is -2.68. The topological polar surface area (TPSA) is 123 Å². The largest absolute Gasteiger partial charge is 0.396 e. The van der Waals surface area contributed by atoms with E-state index in [1.165, 1.54) is 0 Å². The number of rotatable bonds is 8. The first-order valence-electron chi connectivity index (χ1n) is 11.4. The number of aliphatic hydroxyl groups is 3. The van der Waals surface area contributed by atoms with E-state index in [0.717, 1.165) is 21.2 Å². The highest BCUT2D eigenvalue weighted by Gasteiger charge is 2.41. The van der Waals surface area contributed by atoms with Gasteiger partial charge in [-0.25, -0.2) is 4.98 Å². The number of pyridine rings is 1. The lowest BCUT2D eigenvalue weighted by Gasteiger charge is -2.20. The quantitative estimate of drug-likeness (QED) is 0.229. The van der Waals surface area contributed by atoms with Crippen LogP contribution in [0.15, 0.2) is 36.5 Å². The molecular formula is C25H29N5O3S2. The van der Waals surface area contributed by atoms with Crippen molar-refractivity contribution in [2.45, 2.75) is 31.6 Å². The Labute approximate surface area is 213 Å². The molecule has 1 aliphatic rings. The zero-order valence-electron chi connectivity index (χ0n) is 19.6. The molecule has 4 rings (SSSR count). The fourth-order valence-electron chi connectivity index (χ4n) is 3.97. The van der Waals surface area contributed by atoms with Gasteiger partial charge in [0.15, 0.2) is 0 Å². The molecule has 0 aromatic carbocycles. The molecule has 0 saturated heterocycles. The summed E-state index contributed by atoms with van der Waals surface area (Å²) >= 11 is 3.28. The lowest BCUT2D eigenvalue weighted by molar-refractivity contribution is 0.00445. The molecule has 0 aliphatic heterocycles. The number of hydrogen-bond donors (Lipinski definition) is 5. The van der Waals surface area contributed by atoms with Crippen molar-refractivity contribution in [3.63, 3.8) is 0 Å². The van der Waals surface area contributed by atoms with E-state index in [2.05, 4.69) is 37.4 Å². The van der Waals surface area contributed by atoms with E-state index >= 15 is 0 Å². The lowest BCUT2D eigenvalue weighted by atomic mass is 10.1. The summed E-state index contributed by atoms with van der Waals surface area (Å²) in [7, 11) is 0. The van der Waals surface area contributed by atoms with Crippen LogP contribution in [0.5, 0.6) is 0 Å². The van der Waals surface area contributed by atoms with Crippen LogP contribution in [0.4, 0.5) is 11.8 Å². The zero-order valence-corrected chi connectivity index (χ0v) is 21.2. The van der Waals surface area contributed by atoms with E-state index < -0.39 is 24.2 Å². The fraction of sp³-hybridized carbons (Fsp3) is 0.400. The van der Waals surface area contributed by atoms with Crippen LogP contribution in [-0.4, -0.2) is 73.7 Å². The van der Waals surface area contributed by atoms with E-state index in [0.29, 0.717) is 36.0 Å². The summed E-state index contributed by atoms with van der Waals surface area (Å²) in [5.74, 6) is 7.91. The first kappa shape index (κ1) is 25.4. The number of nitrogens with one attached hydrogen (secondary N) is 2. The summed E-state index contributed by atoms with van der Waals surface area (Å²) in [5.41, 5.74) is 2.23. The van der Waals surface area contributed by atoms with Gasteiger partial charge in [0.1, 0.15) is 11.9 Å². The molecule has 5 N–H and O–H groups in total. The third kappa shape index (κ3) is 6.12. The normalized spacial score (nSPS) is 21.4. The molecule has 4 atom stereocenters. The summed E-state index contributed by atoms with van der Waals surface area (Å²) in [5, 5.41) is 36.8. The van der Waals surface area contributed by atoms with Gasteiger partial charge >= 0.3 is 0 Å². The number of nitrogens with zero attached hydrogens (tertiary/aromatic N) is 3. The minimum atomic E-state index is -1.02. The number of aromatic nitrogens is 3. The second-order valence-electron chi connectivity index (χ2n) is 8.32. The van der Waals surface area contributed by atoms with Gasteiger partial charge in [-0.15, -0.1) is 11.3 Å². The van der Waals surface area contributed by atoms with Gasteiger partial charge in [-0.1, -0.05) is 17.9 Å². The van der Waals surface area contributed by atoms with Crippen molar-refractivity contribution in [1.29, 1.82) is 0 Å². The Morgan fingerprint density at radius 1 is 1.14 bits per heavy atom. The van der Waals surface area contributed by atoms with Crippen molar-refractivity contribution in [1.82, 2.24) is 15.0 Å². The average molecular weight is 512 g/mol. The van der Waals surface area contributed by atoms with Crippen LogP contribution >= 0.6 is 23.1 Å². The van der Waals surface area contributed by atoms with Gasteiger partial charge in [-0.05, 0) is 43.9 Å². The van der Waals surface area contributed by atoms with Gasteiger partial charge in [0, 0.05) is 31.0 Å². The Morgan fingerprint density at radius 2 is 2.00 bits per heavy atom. The summed E-state index contributed by atoms with van der Waals surface area (Å²) in [6.45, 7) is 2.40. The molecule has 0 radical (unpaired) electrons. The van der Waals surface area contributed by atoms with Crippen LogP contribution in [0.25, 0.3) is 10.6 Å². The van der Waals surface area contributed by atoms with Gasteiger partial charge in [0.05, 0.1) is 38.9 Å². The highest BCUT2D eigenvalue weighted by atomic mass is 32.2. The summed E-state index contributed by atoms with van der Waals surface area (Å²) in [4.78, 5) is 15.5. The van der Waals surface area contributed by atoms with Crippen LogP contribution in [0, 0.1) is 24.7 Å². The fourth-order valence-corrected chi connectivity index (χ4v) is 5.11. The van der Waals surface area contributed by atoms with Crippen molar-refractivity contribution in [3.05, 3.63) is 52.7 Å². The summed E-state index contributed by atoms with van der Waals surface area (Å²) in [6.07, 6.45) is 2.21. The maximum Gasteiger partial charge on any atom is 0.224 e. The van der Waals surface area contributed by atoms with Crippen molar-refractivity contribution >= 4 is 34.9 Å². The number of thioether (sulfide) groups is 1. The molecule has 3 aromatic rings. The Balaban J connectivity index is 1.63. The van der Waals surface area contributed by atoms with E-state index in [1.807, 2.05) is 43.5 Å². The third-order valence-electron chi connectivity index (χ3n) is 5.87. The van der Waals surface area contributed by atoms with E-state index in [4.69, 9.17) is 0 Å². The average Bonchev–Trinajstić information content (AvgIpc) is 3.44. The highest BCUT2D eigenvalue weighted by Crippen LogP contribution is 2.30. The van der Waals surface area contributed by atoms with Crippen molar-refractivity contribution in [2.75, 3.05) is 35.8 Å². The molecular weight excluding hydrogens is 482 g/mol. The maximum atomic E-state index is 10.5. The molecule has 3 heterocycles. The van der Waals surface area contributed by atoms with Crippen LogP contribution < -0.4 is 10.6 Å². The SMILES string of the molecule is CSCCNc1nc(C)c(C#Cc2ccc(-c3ccccn3)s2)c(N[C@@H]2C[C@H](CO)[C@@H](O)[C@H]2O)n1. The van der Waals surface area contributed by atoms with E-state index in [9.17, 15) is 15.3 Å². The van der Waals surface area contributed by atoms with Gasteiger partial charge in [0.25, 0.3) is 0 Å². The highest BCUT2D eigenvalue weighted by molar-refractivity contribution is 7.98. The second kappa shape index (κ2) is 11.8. The number of aliphatic hydroxyl groups excluding tert-OH is 3. The molecule has 10 heteroatoms. The monoisotopic (exact) mass is 511 g/mol. The van der Waals surface area contributed by atoms with Crippen LogP contribution in [0.1, 0.15) is 22.6 Å². The lowest BCUT2D eigenvalue weighted by Crippen LogP contribution is -2.36. The first-order valence-corrected chi connectivity index (χ1v) is 13.6. The van der Waals surface area contributed by atoms with Crippen molar-refractivity contribution < 1.29 is 15.3 Å². The van der Waals surface area contributed by atoms with Gasteiger partial charge in [-0.2, -0.15) is 16.7 Å². The first-order chi connectivity index (χ1) is 17.0. The Morgan fingerprint density at radius 3 is 2.71 bits per heavy atom. The van der Waals surface area contributed by atoms with Gasteiger partial charge in [-0.3, -0.25) is 4.98 Å². The molecule has 35 heavy (non-hydrogen) atoms. The molecule has 1 aliphatic carbocycles. The second-order valence-corrected chi connectivity index (χ2v) is 10.4. The number of thiophene rings is 1. The molecule has 8 nitrogen and oxygen atoms in total. The molecule has 0 amide bonds. The zero-order chi connectivity index (χ0) is 24.8. The third-order valence-corrected chi connectivity index (χ3v) is 7.51. The molecule has 0 bridgehead atoms. The molecule has 184 valence electrons. The number of anilines is 2. The summed E-state index contributed by atoms with van der Waals surface area (Å²) in [6, 6.07) is 9.31. The smallest absolute Gasteiger partial charge is 0.224 e. The minimum absolute atomic E-state index is 0.190. The molecule has 3 aromatic heterocycles. The maximum absolute atomic E-state index is 10.5. The van der Waals surface area contributed by atoms with Crippen LogP contribution in [-0.2, 0) is 0 Å². The Bertz CT molecular complexity index is 1190. The van der Waals surface area contributed by atoms with E-state index in [1.54, 1.807) is 29.3 Å². The molecule has 0 unspecified atom stereocenters. The predicted octanol–water partition coefficient (Wildman–Crippen LogP) is 2.60. The molecule has 0 spiro atoms. The van der Waals surface area contributed by atoms with Gasteiger partial charge < -0.3 is 26.0 Å². The minimum Gasteiger partial charge on any atom is -0.396 e.